The van der Waals surface area contributed by atoms with Crippen molar-refractivity contribution in [1.29, 1.82) is 0 Å². The summed E-state index contributed by atoms with van der Waals surface area (Å²) in [5.74, 6) is -0.862. The van der Waals surface area contributed by atoms with Gasteiger partial charge in [0.15, 0.2) is 6.10 Å². The summed E-state index contributed by atoms with van der Waals surface area (Å²) in [6, 6.07) is 15.3. The third-order valence-corrected chi connectivity index (χ3v) is 3.54. The van der Waals surface area contributed by atoms with E-state index in [1.807, 2.05) is 6.92 Å². The minimum Gasteiger partial charge on any atom is -0.494 e. The van der Waals surface area contributed by atoms with Crippen molar-refractivity contribution in [3.8, 4) is 5.75 Å². The highest BCUT2D eigenvalue weighted by atomic mass is 16.5. The zero-order valence-corrected chi connectivity index (χ0v) is 15.2. The second-order valence-electron chi connectivity index (χ2n) is 5.63. The predicted molar refractivity (Wildman–Crippen MR) is 101 cm³/mol. The van der Waals surface area contributed by atoms with Gasteiger partial charge in [0.1, 0.15) is 12.3 Å². The van der Waals surface area contributed by atoms with E-state index in [-0.39, 0.29) is 12.5 Å². The number of ether oxygens (including phenoxy) is 2. The van der Waals surface area contributed by atoms with Crippen molar-refractivity contribution in [2.45, 2.75) is 20.0 Å². The number of hydrogen-bond acceptors (Lipinski definition) is 5. The normalized spacial score (nSPS) is 11.2. The SMILES string of the molecule is CCOc1ccc(NC(=O)C(C)OC(=O)CNC(=O)c2ccccc2)cc1. The van der Waals surface area contributed by atoms with Gasteiger partial charge >= 0.3 is 5.97 Å². The fourth-order valence-corrected chi connectivity index (χ4v) is 2.18. The van der Waals surface area contributed by atoms with Crippen molar-refractivity contribution < 1.29 is 23.9 Å². The molecule has 142 valence electrons. The van der Waals surface area contributed by atoms with Crippen LogP contribution in [0.1, 0.15) is 24.2 Å². The summed E-state index contributed by atoms with van der Waals surface area (Å²) in [6.45, 7) is 3.57. The topological polar surface area (TPSA) is 93.7 Å². The summed E-state index contributed by atoms with van der Waals surface area (Å²) in [7, 11) is 0. The molecule has 0 aliphatic rings. The van der Waals surface area contributed by atoms with E-state index in [1.165, 1.54) is 6.92 Å². The van der Waals surface area contributed by atoms with Crippen LogP contribution in [0.4, 0.5) is 5.69 Å². The lowest BCUT2D eigenvalue weighted by atomic mass is 10.2. The van der Waals surface area contributed by atoms with Gasteiger partial charge < -0.3 is 20.1 Å². The Morgan fingerprint density at radius 2 is 1.67 bits per heavy atom. The highest BCUT2D eigenvalue weighted by molar-refractivity contribution is 5.97. The number of carbonyl (C=O) groups is 3. The Morgan fingerprint density at radius 3 is 2.30 bits per heavy atom. The zero-order chi connectivity index (χ0) is 19.6. The van der Waals surface area contributed by atoms with Gasteiger partial charge in [-0.15, -0.1) is 0 Å². The predicted octanol–water partition coefficient (Wildman–Crippen LogP) is 2.39. The molecule has 0 bridgehead atoms. The van der Waals surface area contributed by atoms with Gasteiger partial charge in [0, 0.05) is 11.3 Å². The number of benzene rings is 2. The van der Waals surface area contributed by atoms with Crippen LogP contribution in [0.3, 0.4) is 0 Å². The highest BCUT2D eigenvalue weighted by Gasteiger charge is 2.18. The van der Waals surface area contributed by atoms with Gasteiger partial charge in [-0.05, 0) is 50.2 Å². The molecule has 0 spiro atoms. The number of rotatable bonds is 8. The summed E-state index contributed by atoms with van der Waals surface area (Å²) < 4.78 is 10.4. The Kier molecular flexibility index (Phi) is 7.37. The summed E-state index contributed by atoms with van der Waals surface area (Å²) in [5, 5.41) is 5.10. The largest absolute Gasteiger partial charge is 0.494 e. The van der Waals surface area contributed by atoms with Crippen molar-refractivity contribution in [2.75, 3.05) is 18.5 Å². The molecule has 27 heavy (non-hydrogen) atoms. The summed E-state index contributed by atoms with van der Waals surface area (Å²) in [4.78, 5) is 35.8. The van der Waals surface area contributed by atoms with E-state index in [0.29, 0.717) is 23.6 Å². The number of hydrogen-bond donors (Lipinski definition) is 2. The second kappa shape index (κ2) is 9.96. The Hall–Kier alpha value is -3.35. The summed E-state index contributed by atoms with van der Waals surface area (Å²) in [6.07, 6.45) is -1.00. The Morgan fingerprint density at radius 1 is 1.00 bits per heavy atom. The molecule has 2 rings (SSSR count). The smallest absolute Gasteiger partial charge is 0.326 e. The van der Waals surface area contributed by atoms with E-state index in [9.17, 15) is 14.4 Å². The maximum atomic E-state index is 12.1. The van der Waals surface area contributed by atoms with Crippen molar-refractivity contribution >= 4 is 23.5 Å². The first-order chi connectivity index (χ1) is 13.0. The number of anilines is 1. The van der Waals surface area contributed by atoms with Crippen LogP contribution < -0.4 is 15.4 Å². The molecule has 2 aromatic rings. The zero-order valence-electron chi connectivity index (χ0n) is 15.2. The fourth-order valence-electron chi connectivity index (χ4n) is 2.18. The van der Waals surface area contributed by atoms with Gasteiger partial charge in [0.2, 0.25) is 0 Å². The monoisotopic (exact) mass is 370 g/mol. The highest BCUT2D eigenvalue weighted by Crippen LogP contribution is 2.16. The van der Waals surface area contributed by atoms with Crippen molar-refractivity contribution in [3.05, 3.63) is 60.2 Å². The van der Waals surface area contributed by atoms with Crippen LogP contribution in [0.5, 0.6) is 5.75 Å². The van der Waals surface area contributed by atoms with Gasteiger partial charge in [-0.3, -0.25) is 14.4 Å². The molecule has 2 amide bonds. The van der Waals surface area contributed by atoms with Crippen LogP contribution >= 0.6 is 0 Å². The molecule has 2 aromatic carbocycles. The minimum absolute atomic E-state index is 0.325. The van der Waals surface area contributed by atoms with Crippen LogP contribution in [0.15, 0.2) is 54.6 Å². The Balaban J connectivity index is 1.77. The Bertz CT molecular complexity index is 775. The molecule has 1 atom stereocenters. The molecule has 7 nitrogen and oxygen atoms in total. The fraction of sp³-hybridized carbons (Fsp3) is 0.250. The van der Waals surface area contributed by atoms with Gasteiger partial charge in [0.05, 0.1) is 6.61 Å². The summed E-state index contributed by atoms with van der Waals surface area (Å²) in [5.41, 5.74) is 0.996. The molecule has 0 aromatic heterocycles. The molecule has 0 radical (unpaired) electrons. The molecular formula is C20H22N2O5. The number of carbonyl (C=O) groups excluding carboxylic acids is 3. The third kappa shape index (κ3) is 6.47. The lowest BCUT2D eigenvalue weighted by molar-refractivity contribution is -0.152. The quantitative estimate of drug-likeness (QED) is 0.696. The first kappa shape index (κ1) is 20.0. The molecule has 0 saturated heterocycles. The maximum Gasteiger partial charge on any atom is 0.326 e. The molecule has 0 heterocycles. The van der Waals surface area contributed by atoms with E-state index < -0.39 is 18.0 Å². The van der Waals surface area contributed by atoms with Gasteiger partial charge in [-0.2, -0.15) is 0 Å². The molecule has 1 unspecified atom stereocenters. The van der Waals surface area contributed by atoms with Crippen LogP contribution in [0, 0.1) is 0 Å². The number of amides is 2. The average molecular weight is 370 g/mol. The van der Waals surface area contributed by atoms with Crippen molar-refractivity contribution in [2.24, 2.45) is 0 Å². The molecule has 0 saturated carbocycles. The maximum absolute atomic E-state index is 12.1. The van der Waals surface area contributed by atoms with E-state index >= 15 is 0 Å². The summed E-state index contributed by atoms with van der Waals surface area (Å²) >= 11 is 0. The minimum atomic E-state index is -1.00. The van der Waals surface area contributed by atoms with Gasteiger partial charge in [-0.1, -0.05) is 18.2 Å². The van der Waals surface area contributed by atoms with Crippen LogP contribution in [-0.4, -0.2) is 37.0 Å². The van der Waals surface area contributed by atoms with Gasteiger partial charge in [-0.25, -0.2) is 0 Å². The standard InChI is InChI=1S/C20H22N2O5/c1-3-26-17-11-9-16(10-12-17)22-19(24)14(2)27-18(23)13-21-20(25)15-7-5-4-6-8-15/h4-12,14H,3,13H2,1-2H3,(H,21,25)(H,22,24). The van der Waals surface area contributed by atoms with Crippen LogP contribution in [0.25, 0.3) is 0 Å². The van der Waals surface area contributed by atoms with E-state index in [2.05, 4.69) is 10.6 Å². The average Bonchev–Trinajstić information content (AvgIpc) is 2.68. The first-order valence-corrected chi connectivity index (χ1v) is 8.56. The van der Waals surface area contributed by atoms with Gasteiger partial charge in [0.25, 0.3) is 11.8 Å². The lowest BCUT2D eigenvalue weighted by Gasteiger charge is -2.14. The van der Waals surface area contributed by atoms with E-state index in [4.69, 9.17) is 9.47 Å². The molecule has 7 heteroatoms. The first-order valence-electron chi connectivity index (χ1n) is 8.56. The van der Waals surface area contributed by atoms with E-state index in [1.54, 1.807) is 54.6 Å². The second-order valence-corrected chi connectivity index (χ2v) is 5.63. The van der Waals surface area contributed by atoms with Crippen molar-refractivity contribution in [1.82, 2.24) is 5.32 Å². The molecule has 2 N–H and O–H groups in total. The third-order valence-electron chi connectivity index (χ3n) is 3.54. The molecule has 0 aliphatic carbocycles. The Labute approximate surface area is 157 Å². The van der Waals surface area contributed by atoms with E-state index in [0.717, 1.165) is 0 Å². The van der Waals surface area contributed by atoms with Crippen LogP contribution in [0.2, 0.25) is 0 Å². The molecule has 0 fully saturated rings. The number of nitrogens with one attached hydrogen (secondary N) is 2. The number of esters is 1. The van der Waals surface area contributed by atoms with Crippen LogP contribution in [-0.2, 0) is 14.3 Å². The van der Waals surface area contributed by atoms with Crippen molar-refractivity contribution in [3.63, 3.8) is 0 Å². The molecule has 0 aliphatic heterocycles. The molecular weight excluding hydrogens is 348 g/mol. The lowest BCUT2D eigenvalue weighted by Crippen LogP contribution is -2.35.